The van der Waals surface area contributed by atoms with Gasteiger partial charge in [0.2, 0.25) is 0 Å². The van der Waals surface area contributed by atoms with Crippen molar-refractivity contribution >= 4 is 5.97 Å². The van der Waals surface area contributed by atoms with E-state index in [-0.39, 0.29) is 18.1 Å². The smallest absolute Gasteiger partial charge is 0.325 e. The van der Waals surface area contributed by atoms with Gasteiger partial charge in [0.15, 0.2) is 0 Å². The third-order valence-electron chi connectivity index (χ3n) is 4.85. The van der Waals surface area contributed by atoms with Gasteiger partial charge in [0, 0.05) is 26.2 Å². The lowest BCUT2D eigenvalue weighted by Gasteiger charge is -2.43. The number of carbonyl (C=O) groups excluding carboxylic acids is 1. The maximum atomic E-state index is 12.9. The highest BCUT2D eigenvalue weighted by Gasteiger charge is 2.40. The number of carbonyl (C=O) groups is 1. The predicted molar refractivity (Wildman–Crippen MR) is 94.4 cm³/mol. The molecule has 0 aromatic heterocycles. The number of morpholine rings is 2. The molecule has 0 N–H and O–H groups in total. The molecule has 0 bridgehead atoms. The molecule has 3 rings (SSSR count). The van der Waals surface area contributed by atoms with Gasteiger partial charge in [-0.3, -0.25) is 14.6 Å². The van der Waals surface area contributed by atoms with Crippen LogP contribution in [0.5, 0.6) is 0 Å². The van der Waals surface area contributed by atoms with Crippen LogP contribution in [0.1, 0.15) is 18.5 Å². The fourth-order valence-electron chi connectivity index (χ4n) is 3.66. The van der Waals surface area contributed by atoms with E-state index in [1.807, 2.05) is 25.1 Å². The lowest BCUT2D eigenvalue weighted by atomic mass is 9.95. The van der Waals surface area contributed by atoms with Gasteiger partial charge >= 0.3 is 5.97 Å². The van der Waals surface area contributed by atoms with Gasteiger partial charge in [-0.05, 0) is 12.5 Å². The maximum Gasteiger partial charge on any atom is 0.325 e. The summed E-state index contributed by atoms with van der Waals surface area (Å²) in [5.41, 5.74) is 1.15. The number of hydrogen-bond donors (Lipinski definition) is 0. The molecule has 1 aromatic rings. The Hall–Kier alpha value is -1.47. The van der Waals surface area contributed by atoms with Crippen molar-refractivity contribution < 1.29 is 19.0 Å². The van der Waals surface area contributed by atoms with Gasteiger partial charge in [-0.15, -0.1) is 0 Å². The molecular formula is C19H28N2O4. The van der Waals surface area contributed by atoms with Crippen LogP contribution in [0.3, 0.4) is 0 Å². The van der Waals surface area contributed by atoms with Gasteiger partial charge in [-0.25, -0.2) is 0 Å². The third-order valence-corrected chi connectivity index (χ3v) is 4.85. The molecular weight excluding hydrogens is 320 g/mol. The van der Waals surface area contributed by atoms with Crippen LogP contribution in [0.2, 0.25) is 0 Å². The largest absolute Gasteiger partial charge is 0.465 e. The molecule has 0 unspecified atom stereocenters. The summed E-state index contributed by atoms with van der Waals surface area (Å²) in [4.78, 5) is 17.5. The molecule has 6 heteroatoms. The Morgan fingerprint density at radius 2 is 1.56 bits per heavy atom. The van der Waals surface area contributed by atoms with Crippen LogP contribution in [0.25, 0.3) is 0 Å². The average Bonchev–Trinajstić information content (AvgIpc) is 2.68. The van der Waals surface area contributed by atoms with E-state index in [0.717, 1.165) is 31.7 Å². The van der Waals surface area contributed by atoms with Crippen molar-refractivity contribution in [2.24, 2.45) is 0 Å². The summed E-state index contributed by atoms with van der Waals surface area (Å²) in [6.07, 6.45) is 0. The minimum absolute atomic E-state index is 0.0396. The molecule has 2 saturated heterocycles. The van der Waals surface area contributed by atoms with Crippen molar-refractivity contribution in [3.8, 4) is 0 Å². The minimum atomic E-state index is -0.329. The minimum Gasteiger partial charge on any atom is -0.465 e. The topological polar surface area (TPSA) is 51.2 Å². The van der Waals surface area contributed by atoms with E-state index in [1.54, 1.807) is 0 Å². The van der Waals surface area contributed by atoms with E-state index in [4.69, 9.17) is 14.2 Å². The lowest BCUT2D eigenvalue weighted by molar-refractivity contribution is -0.156. The van der Waals surface area contributed by atoms with Crippen LogP contribution in [-0.4, -0.2) is 81.0 Å². The molecule has 0 radical (unpaired) electrons. The molecule has 2 fully saturated rings. The van der Waals surface area contributed by atoms with Gasteiger partial charge in [0.25, 0.3) is 0 Å². The maximum absolute atomic E-state index is 12.9. The molecule has 138 valence electrons. The van der Waals surface area contributed by atoms with Crippen molar-refractivity contribution in [2.75, 3.05) is 59.2 Å². The fourth-order valence-corrected chi connectivity index (χ4v) is 3.66. The third kappa shape index (κ3) is 4.58. The Balaban J connectivity index is 1.93. The van der Waals surface area contributed by atoms with E-state index in [1.165, 1.54) is 0 Å². The lowest BCUT2D eigenvalue weighted by Crippen LogP contribution is -2.56. The Labute approximate surface area is 149 Å². The van der Waals surface area contributed by atoms with Gasteiger partial charge < -0.3 is 14.2 Å². The summed E-state index contributed by atoms with van der Waals surface area (Å²) in [5.74, 6) is -0.148. The zero-order valence-electron chi connectivity index (χ0n) is 14.9. The summed E-state index contributed by atoms with van der Waals surface area (Å²) >= 11 is 0. The molecule has 25 heavy (non-hydrogen) atoms. The fraction of sp³-hybridized carbons (Fsp3) is 0.632. The van der Waals surface area contributed by atoms with Crippen molar-refractivity contribution in [3.63, 3.8) is 0 Å². The Morgan fingerprint density at radius 3 is 2.12 bits per heavy atom. The molecule has 1 aromatic carbocycles. The monoisotopic (exact) mass is 348 g/mol. The Morgan fingerprint density at radius 1 is 1.00 bits per heavy atom. The number of hydrogen-bond acceptors (Lipinski definition) is 6. The normalized spacial score (nSPS) is 22.3. The summed E-state index contributed by atoms with van der Waals surface area (Å²) in [7, 11) is 0. The van der Waals surface area contributed by atoms with E-state index in [2.05, 4.69) is 21.9 Å². The Bertz CT molecular complexity index is 527. The number of benzene rings is 1. The molecule has 2 heterocycles. The van der Waals surface area contributed by atoms with Crippen LogP contribution >= 0.6 is 0 Å². The van der Waals surface area contributed by atoms with Crippen molar-refractivity contribution in [1.29, 1.82) is 0 Å². The first-order valence-corrected chi connectivity index (χ1v) is 9.16. The second-order valence-electron chi connectivity index (χ2n) is 6.35. The van der Waals surface area contributed by atoms with Gasteiger partial charge in [0.05, 0.1) is 39.1 Å². The van der Waals surface area contributed by atoms with Gasteiger partial charge in [-0.1, -0.05) is 30.3 Å². The SMILES string of the molecule is CCOC(=O)[C@H]([C@@H](c1ccccc1)N1CCOCC1)N1CCOCC1. The van der Waals surface area contributed by atoms with Crippen LogP contribution in [0.4, 0.5) is 0 Å². The molecule has 0 saturated carbocycles. The van der Waals surface area contributed by atoms with Crippen LogP contribution in [0, 0.1) is 0 Å². The summed E-state index contributed by atoms with van der Waals surface area (Å²) in [6, 6.07) is 9.91. The first-order chi connectivity index (χ1) is 12.3. The summed E-state index contributed by atoms with van der Waals surface area (Å²) in [5, 5.41) is 0. The standard InChI is InChI=1S/C19H28N2O4/c1-2-25-19(22)18(21-10-14-24-15-11-21)17(16-6-4-3-5-7-16)20-8-12-23-13-9-20/h3-7,17-18H,2,8-15H2,1H3/t17-,18+/m1/s1. The van der Waals surface area contributed by atoms with Crippen molar-refractivity contribution in [1.82, 2.24) is 9.80 Å². The van der Waals surface area contributed by atoms with Gasteiger partial charge in [0.1, 0.15) is 6.04 Å². The molecule has 2 aliphatic rings. The number of rotatable bonds is 6. The summed E-state index contributed by atoms with van der Waals surface area (Å²) < 4.78 is 16.5. The predicted octanol–water partition coefficient (Wildman–Crippen LogP) is 1.32. The molecule has 6 nitrogen and oxygen atoms in total. The molecule has 2 atom stereocenters. The highest BCUT2D eigenvalue weighted by atomic mass is 16.5. The number of ether oxygens (including phenoxy) is 3. The average molecular weight is 348 g/mol. The van der Waals surface area contributed by atoms with Crippen molar-refractivity contribution in [2.45, 2.75) is 19.0 Å². The van der Waals surface area contributed by atoms with Crippen LogP contribution < -0.4 is 0 Å². The van der Waals surface area contributed by atoms with Crippen LogP contribution in [0.15, 0.2) is 30.3 Å². The molecule has 0 amide bonds. The van der Waals surface area contributed by atoms with E-state index in [9.17, 15) is 4.79 Å². The zero-order valence-corrected chi connectivity index (χ0v) is 14.9. The summed E-state index contributed by atoms with van der Waals surface area (Å²) in [6.45, 7) is 8.09. The highest BCUT2D eigenvalue weighted by Crippen LogP contribution is 2.30. The first-order valence-electron chi connectivity index (χ1n) is 9.16. The first kappa shape index (κ1) is 18.3. The second kappa shape index (κ2) is 9.29. The van der Waals surface area contributed by atoms with E-state index >= 15 is 0 Å². The highest BCUT2D eigenvalue weighted by molar-refractivity contribution is 5.77. The Kier molecular flexibility index (Phi) is 6.81. The molecule has 0 aliphatic carbocycles. The quantitative estimate of drug-likeness (QED) is 0.723. The van der Waals surface area contributed by atoms with E-state index in [0.29, 0.717) is 33.0 Å². The second-order valence-corrected chi connectivity index (χ2v) is 6.35. The van der Waals surface area contributed by atoms with Crippen molar-refractivity contribution in [3.05, 3.63) is 35.9 Å². The van der Waals surface area contributed by atoms with Gasteiger partial charge in [-0.2, -0.15) is 0 Å². The molecule has 0 spiro atoms. The number of esters is 1. The number of nitrogens with zero attached hydrogens (tertiary/aromatic N) is 2. The van der Waals surface area contributed by atoms with E-state index < -0.39 is 0 Å². The van der Waals surface area contributed by atoms with Crippen LogP contribution in [-0.2, 0) is 19.0 Å². The zero-order chi connectivity index (χ0) is 17.5. The molecule has 2 aliphatic heterocycles.